The molecule has 3 N–H and O–H groups in total. The quantitative estimate of drug-likeness (QED) is 0.686. The van der Waals surface area contributed by atoms with Gasteiger partial charge in [0.05, 0.1) is 0 Å². The standard InChI is InChI=1S/C18H18N4O3/c1-12-20-16(22-25-12)11-24-15-9-7-14(8-10-15)21-17(18(19)23)13-5-3-2-4-6-13/h2-10,17,21H,11H2,1H3,(H2,19,23). The number of aromatic nitrogens is 2. The Hall–Kier alpha value is -3.35. The molecule has 1 heterocycles. The SMILES string of the molecule is Cc1nc(COc2ccc(NC(C(N)=O)c3ccccc3)cc2)no1. The number of nitrogens with one attached hydrogen (secondary N) is 1. The number of amides is 1. The monoisotopic (exact) mass is 338 g/mol. The minimum atomic E-state index is -0.602. The maximum absolute atomic E-state index is 11.7. The first kappa shape index (κ1) is 16.5. The van der Waals surface area contributed by atoms with Crippen LogP contribution < -0.4 is 15.8 Å². The highest BCUT2D eigenvalue weighted by atomic mass is 16.5. The molecule has 128 valence electrons. The van der Waals surface area contributed by atoms with Gasteiger partial charge in [-0.15, -0.1) is 0 Å². The summed E-state index contributed by atoms with van der Waals surface area (Å²) >= 11 is 0. The Balaban J connectivity index is 1.64. The van der Waals surface area contributed by atoms with Crippen molar-refractivity contribution in [2.45, 2.75) is 19.6 Å². The van der Waals surface area contributed by atoms with E-state index in [0.29, 0.717) is 17.5 Å². The lowest BCUT2D eigenvalue weighted by molar-refractivity contribution is -0.118. The Kier molecular flexibility index (Phi) is 4.94. The number of nitrogens with zero attached hydrogens (tertiary/aromatic N) is 2. The number of nitrogens with two attached hydrogens (primary N) is 1. The lowest BCUT2D eigenvalue weighted by Crippen LogP contribution is -2.27. The molecule has 0 fully saturated rings. The van der Waals surface area contributed by atoms with Crippen molar-refractivity contribution in [3.05, 3.63) is 71.9 Å². The van der Waals surface area contributed by atoms with Gasteiger partial charge in [0.25, 0.3) is 0 Å². The third-order valence-electron chi connectivity index (χ3n) is 3.52. The molecule has 0 saturated heterocycles. The second-order valence-electron chi connectivity index (χ2n) is 5.43. The molecule has 0 spiro atoms. The van der Waals surface area contributed by atoms with Crippen LogP contribution in [0.3, 0.4) is 0 Å². The van der Waals surface area contributed by atoms with E-state index in [0.717, 1.165) is 11.3 Å². The van der Waals surface area contributed by atoms with Crippen LogP contribution in [0.5, 0.6) is 5.75 Å². The molecule has 7 nitrogen and oxygen atoms in total. The van der Waals surface area contributed by atoms with Crippen molar-refractivity contribution in [2.24, 2.45) is 5.73 Å². The fraction of sp³-hybridized carbons (Fsp3) is 0.167. The Morgan fingerprint density at radius 3 is 2.52 bits per heavy atom. The van der Waals surface area contributed by atoms with Crippen LogP contribution in [0.2, 0.25) is 0 Å². The van der Waals surface area contributed by atoms with E-state index in [9.17, 15) is 4.79 Å². The summed E-state index contributed by atoms with van der Waals surface area (Å²) in [5, 5.41) is 6.90. The van der Waals surface area contributed by atoms with E-state index in [1.165, 1.54) is 0 Å². The maximum Gasteiger partial charge on any atom is 0.244 e. The van der Waals surface area contributed by atoms with Crippen LogP contribution in [0, 0.1) is 6.92 Å². The number of carbonyl (C=O) groups is 1. The highest BCUT2D eigenvalue weighted by molar-refractivity contribution is 5.84. The van der Waals surface area contributed by atoms with Gasteiger partial charge >= 0.3 is 0 Å². The number of hydrogen-bond donors (Lipinski definition) is 2. The van der Waals surface area contributed by atoms with E-state index in [-0.39, 0.29) is 6.61 Å². The Morgan fingerprint density at radius 1 is 1.20 bits per heavy atom. The average Bonchev–Trinajstić information content (AvgIpc) is 3.05. The Labute approximate surface area is 144 Å². The highest BCUT2D eigenvalue weighted by Gasteiger charge is 2.17. The summed E-state index contributed by atoms with van der Waals surface area (Å²) in [4.78, 5) is 15.8. The zero-order valence-electron chi connectivity index (χ0n) is 13.7. The molecule has 0 saturated carbocycles. The molecule has 7 heteroatoms. The highest BCUT2D eigenvalue weighted by Crippen LogP contribution is 2.22. The van der Waals surface area contributed by atoms with Gasteiger partial charge in [-0.2, -0.15) is 4.98 Å². The van der Waals surface area contributed by atoms with Gasteiger partial charge in [0.1, 0.15) is 11.8 Å². The molecule has 25 heavy (non-hydrogen) atoms. The number of benzene rings is 2. The van der Waals surface area contributed by atoms with Crippen LogP contribution in [0.4, 0.5) is 5.69 Å². The third-order valence-corrected chi connectivity index (χ3v) is 3.52. The van der Waals surface area contributed by atoms with Crippen molar-refractivity contribution in [2.75, 3.05) is 5.32 Å². The van der Waals surface area contributed by atoms with E-state index in [1.807, 2.05) is 42.5 Å². The normalized spacial score (nSPS) is 11.7. The largest absolute Gasteiger partial charge is 0.485 e. The summed E-state index contributed by atoms with van der Waals surface area (Å²) in [5.41, 5.74) is 7.08. The van der Waals surface area contributed by atoms with E-state index >= 15 is 0 Å². The number of rotatable bonds is 7. The van der Waals surface area contributed by atoms with Crippen molar-refractivity contribution in [1.29, 1.82) is 0 Å². The topological polar surface area (TPSA) is 103 Å². The second-order valence-corrected chi connectivity index (χ2v) is 5.43. The second kappa shape index (κ2) is 7.48. The molecule has 0 bridgehead atoms. The van der Waals surface area contributed by atoms with Gasteiger partial charge < -0.3 is 20.3 Å². The number of hydrogen-bond acceptors (Lipinski definition) is 6. The first-order valence-electron chi connectivity index (χ1n) is 7.74. The summed E-state index contributed by atoms with van der Waals surface area (Å²) in [6.45, 7) is 1.94. The molecule has 0 radical (unpaired) electrons. The molecule has 3 aromatic rings. The maximum atomic E-state index is 11.7. The smallest absolute Gasteiger partial charge is 0.244 e. The number of aryl methyl sites for hydroxylation is 1. The van der Waals surface area contributed by atoms with Gasteiger partial charge in [0, 0.05) is 12.6 Å². The number of carbonyl (C=O) groups excluding carboxylic acids is 1. The molecule has 2 aromatic carbocycles. The Bertz CT molecular complexity index is 831. The average molecular weight is 338 g/mol. The van der Waals surface area contributed by atoms with Crippen LogP contribution in [-0.4, -0.2) is 16.0 Å². The molecular formula is C18H18N4O3. The summed E-state index contributed by atoms with van der Waals surface area (Å²) in [6, 6.07) is 15.9. The summed E-state index contributed by atoms with van der Waals surface area (Å²) in [6.07, 6.45) is 0. The van der Waals surface area contributed by atoms with Gasteiger partial charge in [0.15, 0.2) is 6.61 Å². The predicted octanol–water partition coefficient (Wildman–Crippen LogP) is 2.60. The van der Waals surface area contributed by atoms with Crippen LogP contribution in [0.25, 0.3) is 0 Å². The lowest BCUT2D eigenvalue weighted by atomic mass is 10.1. The summed E-state index contributed by atoms with van der Waals surface area (Å²) in [7, 11) is 0. The molecule has 1 aromatic heterocycles. The van der Waals surface area contributed by atoms with Gasteiger partial charge in [-0.3, -0.25) is 4.79 Å². The first-order valence-corrected chi connectivity index (χ1v) is 7.74. The number of ether oxygens (including phenoxy) is 1. The molecule has 0 aliphatic heterocycles. The van der Waals surface area contributed by atoms with E-state index < -0.39 is 11.9 Å². The van der Waals surface area contributed by atoms with Gasteiger partial charge in [-0.05, 0) is 29.8 Å². The van der Waals surface area contributed by atoms with Crippen molar-refractivity contribution in [3.8, 4) is 5.75 Å². The molecule has 3 rings (SSSR count). The van der Waals surface area contributed by atoms with Gasteiger partial charge in [0.2, 0.25) is 17.6 Å². The van der Waals surface area contributed by atoms with Crippen molar-refractivity contribution in [1.82, 2.24) is 10.1 Å². The van der Waals surface area contributed by atoms with E-state index in [2.05, 4.69) is 15.5 Å². The molecule has 0 aliphatic carbocycles. The lowest BCUT2D eigenvalue weighted by Gasteiger charge is -2.17. The van der Waals surface area contributed by atoms with Crippen LogP contribution in [0.1, 0.15) is 23.3 Å². The Morgan fingerprint density at radius 2 is 1.92 bits per heavy atom. The molecular weight excluding hydrogens is 320 g/mol. The fourth-order valence-corrected chi connectivity index (χ4v) is 2.33. The van der Waals surface area contributed by atoms with E-state index in [1.54, 1.807) is 19.1 Å². The minimum Gasteiger partial charge on any atom is -0.485 e. The van der Waals surface area contributed by atoms with Crippen molar-refractivity contribution >= 4 is 11.6 Å². The predicted molar refractivity (Wildman–Crippen MR) is 91.8 cm³/mol. The van der Waals surface area contributed by atoms with Crippen molar-refractivity contribution < 1.29 is 14.1 Å². The van der Waals surface area contributed by atoms with E-state index in [4.69, 9.17) is 15.0 Å². The number of anilines is 1. The van der Waals surface area contributed by atoms with Crippen LogP contribution >= 0.6 is 0 Å². The molecule has 1 amide bonds. The minimum absolute atomic E-state index is 0.220. The summed E-state index contributed by atoms with van der Waals surface area (Å²) < 4.78 is 10.5. The summed E-state index contributed by atoms with van der Waals surface area (Å²) in [5.74, 6) is 1.19. The molecule has 0 aliphatic rings. The van der Waals surface area contributed by atoms with Crippen molar-refractivity contribution in [3.63, 3.8) is 0 Å². The van der Waals surface area contributed by atoms with Crippen LogP contribution in [0.15, 0.2) is 59.1 Å². The van der Waals surface area contributed by atoms with Crippen LogP contribution in [-0.2, 0) is 11.4 Å². The fourth-order valence-electron chi connectivity index (χ4n) is 2.33. The van der Waals surface area contributed by atoms with Gasteiger partial charge in [-0.25, -0.2) is 0 Å². The molecule has 1 atom stereocenters. The number of primary amides is 1. The zero-order valence-corrected chi connectivity index (χ0v) is 13.7. The molecule has 1 unspecified atom stereocenters. The first-order chi connectivity index (χ1) is 12.1. The third kappa shape index (κ3) is 4.35. The van der Waals surface area contributed by atoms with Gasteiger partial charge in [-0.1, -0.05) is 35.5 Å². The zero-order chi connectivity index (χ0) is 17.6.